The predicted octanol–water partition coefficient (Wildman–Crippen LogP) is 2.91. The van der Waals surface area contributed by atoms with Crippen molar-refractivity contribution in [2.75, 3.05) is 18.5 Å². The summed E-state index contributed by atoms with van der Waals surface area (Å²) in [6.45, 7) is -1.01. The molecule has 0 aliphatic heterocycles. The Labute approximate surface area is 147 Å². The van der Waals surface area contributed by atoms with Crippen LogP contribution in [0.1, 0.15) is 5.56 Å². The Morgan fingerprint density at radius 2 is 1.96 bits per heavy atom. The molecule has 8 heteroatoms. The van der Waals surface area contributed by atoms with Gasteiger partial charge in [0.15, 0.2) is 13.2 Å². The monoisotopic (exact) mass is 362 g/mol. The standard InChI is InChI=1S/C17H12ClFN2O4/c18-13-7-12(19)5-6-14(13)21-16(22)9-25-17(23)10-24-15-4-2-1-3-11(15)8-20/h1-7H,9-10H2,(H,21,22). The number of hydrogen-bond acceptors (Lipinski definition) is 5. The third kappa shape index (κ3) is 5.48. The molecule has 0 bridgehead atoms. The molecule has 128 valence electrons. The highest BCUT2D eigenvalue weighted by atomic mass is 35.5. The molecule has 0 spiro atoms. The van der Waals surface area contributed by atoms with Gasteiger partial charge in [-0.2, -0.15) is 5.26 Å². The van der Waals surface area contributed by atoms with Crippen LogP contribution >= 0.6 is 11.6 Å². The lowest BCUT2D eigenvalue weighted by Gasteiger charge is -2.09. The van der Waals surface area contributed by atoms with Gasteiger partial charge in [-0.1, -0.05) is 23.7 Å². The average Bonchev–Trinajstić information content (AvgIpc) is 2.60. The van der Waals surface area contributed by atoms with Crippen LogP contribution in [0.25, 0.3) is 0 Å². The van der Waals surface area contributed by atoms with E-state index >= 15 is 0 Å². The molecule has 2 aromatic rings. The van der Waals surface area contributed by atoms with Gasteiger partial charge >= 0.3 is 5.97 Å². The van der Waals surface area contributed by atoms with Crippen LogP contribution in [0.5, 0.6) is 5.75 Å². The van der Waals surface area contributed by atoms with Crippen LogP contribution in [0.2, 0.25) is 5.02 Å². The fourth-order valence-electron chi connectivity index (χ4n) is 1.79. The number of benzene rings is 2. The van der Waals surface area contributed by atoms with Gasteiger partial charge in [-0.05, 0) is 30.3 Å². The highest BCUT2D eigenvalue weighted by molar-refractivity contribution is 6.33. The summed E-state index contributed by atoms with van der Waals surface area (Å²) in [6, 6.07) is 11.8. The van der Waals surface area contributed by atoms with E-state index in [2.05, 4.69) is 5.32 Å². The maximum atomic E-state index is 12.9. The Bertz CT molecular complexity index is 836. The molecule has 1 amide bonds. The highest BCUT2D eigenvalue weighted by Crippen LogP contribution is 2.22. The lowest BCUT2D eigenvalue weighted by molar-refractivity contribution is -0.149. The summed E-state index contributed by atoms with van der Waals surface area (Å²) in [5, 5.41) is 11.3. The molecule has 0 aromatic heterocycles. The first kappa shape index (κ1) is 18.2. The molecule has 0 aliphatic carbocycles. The summed E-state index contributed by atoms with van der Waals surface area (Å²) in [5.74, 6) is -1.72. The zero-order valence-electron chi connectivity index (χ0n) is 12.8. The fraction of sp³-hybridized carbons (Fsp3) is 0.118. The van der Waals surface area contributed by atoms with Crippen LogP contribution in [-0.4, -0.2) is 25.1 Å². The second-order valence-corrected chi connectivity index (χ2v) is 5.14. The van der Waals surface area contributed by atoms with Crippen molar-refractivity contribution >= 4 is 29.2 Å². The number of nitrogens with zero attached hydrogens (tertiary/aromatic N) is 1. The number of ether oxygens (including phenoxy) is 2. The van der Waals surface area contributed by atoms with Crippen LogP contribution in [0.3, 0.4) is 0 Å². The summed E-state index contributed by atoms with van der Waals surface area (Å²) in [6.07, 6.45) is 0. The first-order chi connectivity index (χ1) is 12.0. The lowest BCUT2D eigenvalue weighted by Crippen LogP contribution is -2.23. The van der Waals surface area contributed by atoms with E-state index in [9.17, 15) is 14.0 Å². The third-order valence-electron chi connectivity index (χ3n) is 2.92. The van der Waals surface area contributed by atoms with E-state index in [1.807, 2.05) is 6.07 Å². The van der Waals surface area contributed by atoms with Crippen molar-refractivity contribution < 1.29 is 23.5 Å². The van der Waals surface area contributed by atoms with E-state index in [0.717, 1.165) is 12.1 Å². The van der Waals surface area contributed by atoms with Crippen molar-refractivity contribution in [1.29, 1.82) is 5.26 Å². The van der Waals surface area contributed by atoms with E-state index in [4.69, 9.17) is 26.3 Å². The average molecular weight is 363 g/mol. The van der Waals surface area contributed by atoms with Crippen molar-refractivity contribution in [3.8, 4) is 11.8 Å². The molecule has 0 aliphatic rings. The zero-order chi connectivity index (χ0) is 18.2. The normalized spacial score (nSPS) is 9.80. The van der Waals surface area contributed by atoms with E-state index in [0.29, 0.717) is 0 Å². The molecule has 0 saturated heterocycles. The molecular formula is C17H12ClFN2O4. The lowest BCUT2D eigenvalue weighted by atomic mass is 10.2. The van der Waals surface area contributed by atoms with Crippen molar-refractivity contribution in [2.45, 2.75) is 0 Å². The molecule has 0 fully saturated rings. The topological polar surface area (TPSA) is 88.4 Å². The van der Waals surface area contributed by atoms with Crippen molar-refractivity contribution in [1.82, 2.24) is 0 Å². The van der Waals surface area contributed by atoms with E-state index in [-0.39, 0.29) is 22.0 Å². The number of esters is 1. The van der Waals surface area contributed by atoms with Gasteiger partial charge < -0.3 is 14.8 Å². The van der Waals surface area contributed by atoms with Gasteiger partial charge in [0.25, 0.3) is 5.91 Å². The molecule has 0 saturated carbocycles. The highest BCUT2D eigenvalue weighted by Gasteiger charge is 2.11. The van der Waals surface area contributed by atoms with E-state index in [1.54, 1.807) is 18.2 Å². The molecule has 0 heterocycles. The zero-order valence-corrected chi connectivity index (χ0v) is 13.5. The van der Waals surface area contributed by atoms with Crippen LogP contribution in [0, 0.1) is 17.1 Å². The number of carbonyl (C=O) groups excluding carboxylic acids is 2. The third-order valence-corrected chi connectivity index (χ3v) is 3.24. The second-order valence-electron chi connectivity index (χ2n) is 4.73. The quantitative estimate of drug-likeness (QED) is 0.798. The number of rotatable bonds is 6. The fourth-order valence-corrected chi connectivity index (χ4v) is 2.00. The minimum absolute atomic E-state index is 0.0242. The summed E-state index contributed by atoms with van der Waals surface area (Å²) in [7, 11) is 0. The largest absolute Gasteiger partial charge is 0.481 e. The van der Waals surface area contributed by atoms with Crippen molar-refractivity contribution in [2.24, 2.45) is 0 Å². The number of anilines is 1. The van der Waals surface area contributed by atoms with Crippen molar-refractivity contribution in [3.05, 3.63) is 58.9 Å². The second kappa shape index (κ2) is 8.66. The number of nitrogens with one attached hydrogen (secondary N) is 1. The van der Waals surface area contributed by atoms with E-state index < -0.39 is 30.9 Å². The molecule has 25 heavy (non-hydrogen) atoms. The first-order valence-electron chi connectivity index (χ1n) is 7.02. The first-order valence-corrected chi connectivity index (χ1v) is 7.40. The van der Waals surface area contributed by atoms with Gasteiger partial charge in [-0.25, -0.2) is 9.18 Å². The van der Waals surface area contributed by atoms with Crippen molar-refractivity contribution in [3.63, 3.8) is 0 Å². The van der Waals surface area contributed by atoms with Gasteiger partial charge in [0.1, 0.15) is 17.6 Å². The molecule has 2 rings (SSSR count). The number of para-hydroxylation sites is 1. The Hall–Kier alpha value is -3.11. The Kier molecular flexibility index (Phi) is 6.32. The van der Waals surface area contributed by atoms with Gasteiger partial charge in [-0.3, -0.25) is 4.79 Å². The molecule has 0 atom stereocenters. The summed E-state index contributed by atoms with van der Waals surface area (Å²) < 4.78 is 22.9. The minimum atomic E-state index is -0.784. The molecule has 1 N–H and O–H groups in total. The van der Waals surface area contributed by atoms with Crippen LogP contribution < -0.4 is 10.1 Å². The molecule has 0 radical (unpaired) electrons. The summed E-state index contributed by atoms with van der Waals surface area (Å²) in [5.41, 5.74) is 0.474. The Balaban J connectivity index is 1.79. The Morgan fingerprint density at radius 3 is 2.68 bits per heavy atom. The van der Waals surface area contributed by atoms with Gasteiger partial charge in [0.05, 0.1) is 16.3 Å². The number of amides is 1. The SMILES string of the molecule is N#Cc1ccccc1OCC(=O)OCC(=O)Nc1ccc(F)cc1Cl. The number of hydrogen-bond donors (Lipinski definition) is 1. The number of nitriles is 1. The molecule has 0 unspecified atom stereocenters. The summed E-state index contributed by atoms with van der Waals surface area (Å²) in [4.78, 5) is 23.3. The van der Waals surface area contributed by atoms with Crippen LogP contribution in [0.4, 0.5) is 10.1 Å². The van der Waals surface area contributed by atoms with Gasteiger partial charge in [0.2, 0.25) is 0 Å². The summed E-state index contributed by atoms with van der Waals surface area (Å²) >= 11 is 5.77. The molecule has 2 aromatic carbocycles. The van der Waals surface area contributed by atoms with Crippen LogP contribution in [0.15, 0.2) is 42.5 Å². The number of halogens is 2. The van der Waals surface area contributed by atoms with Gasteiger partial charge in [-0.15, -0.1) is 0 Å². The Morgan fingerprint density at radius 1 is 1.20 bits per heavy atom. The predicted molar refractivity (Wildman–Crippen MR) is 87.7 cm³/mol. The van der Waals surface area contributed by atoms with Crippen LogP contribution in [-0.2, 0) is 14.3 Å². The van der Waals surface area contributed by atoms with E-state index in [1.165, 1.54) is 12.1 Å². The van der Waals surface area contributed by atoms with Gasteiger partial charge in [0, 0.05) is 0 Å². The maximum absolute atomic E-state index is 12.9. The minimum Gasteiger partial charge on any atom is -0.481 e. The maximum Gasteiger partial charge on any atom is 0.344 e. The smallest absolute Gasteiger partial charge is 0.344 e. The number of carbonyl (C=O) groups is 2. The molecule has 6 nitrogen and oxygen atoms in total. The molecular weight excluding hydrogens is 351 g/mol.